The van der Waals surface area contributed by atoms with Crippen LogP contribution in [0.5, 0.6) is 0 Å². The van der Waals surface area contributed by atoms with Crippen molar-refractivity contribution in [2.24, 2.45) is 0 Å². The maximum atomic E-state index is 9.54. The van der Waals surface area contributed by atoms with Gasteiger partial charge in [-0.15, -0.1) is 0 Å². The van der Waals surface area contributed by atoms with Crippen LogP contribution in [-0.2, 0) is 12.8 Å². The van der Waals surface area contributed by atoms with Gasteiger partial charge in [0.15, 0.2) is 0 Å². The summed E-state index contributed by atoms with van der Waals surface area (Å²) in [6, 6.07) is 8.28. The van der Waals surface area contributed by atoms with Crippen LogP contribution in [0.25, 0.3) is 11.3 Å². The van der Waals surface area contributed by atoms with Crippen LogP contribution in [0.4, 0.5) is 5.69 Å². The number of nitrogen functional groups attached to an aromatic ring is 1. The highest BCUT2D eigenvalue weighted by Gasteiger charge is 2.24. The van der Waals surface area contributed by atoms with Gasteiger partial charge in [-0.05, 0) is 48.9 Å². The van der Waals surface area contributed by atoms with Crippen molar-refractivity contribution >= 4 is 5.69 Å². The van der Waals surface area contributed by atoms with E-state index in [-0.39, 0.29) is 0 Å². The standard InChI is InChI=1S/C17H16N4/c18-9-13-11-5-2-1-3-6-12(11)16(14(10-19)17(13)20)15-7-4-8-21-15/h4,7-8,21H,1-3,5-6,20H2. The third kappa shape index (κ3) is 2.06. The van der Waals surface area contributed by atoms with E-state index in [4.69, 9.17) is 5.73 Å². The predicted molar refractivity (Wildman–Crippen MR) is 81.3 cm³/mol. The maximum absolute atomic E-state index is 9.54. The van der Waals surface area contributed by atoms with Gasteiger partial charge in [0, 0.05) is 17.5 Å². The van der Waals surface area contributed by atoms with E-state index in [0.29, 0.717) is 16.8 Å². The number of benzene rings is 1. The van der Waals surface area contributed by atoms with Gasteiger partial charge in [0.05, 0.1) is 16.8 Å². The van der Waals surface area contributed by atoms with Gasteiger partial charge >= 0.3 is 0 Å². The zero-order valence-corrected chi connectivity index (χ0v) is 11.7. The van der Waals surface area contributed by atoms with Gasteiger partial charge < -0.3 is 10.7 Å². The molecule has 0 amide bonds. The first-order valence-corrected chi connectivity index (χ1v) is 7.19. The van der Waals surface area contributed by atoms with Crippen LogP contribution < -0.4 is 5.73 Å². The van der Waals surface area contributed by atoms with Crippen molar-refractivity contribution in [3.63, 3.8) is 0 Å². The number of fused-ring (bicyclic) bond motifs is 1. The lowest BCUT2D eigenvalue weighted by Crippen LogP contribution is -2.07. The second kappa shape index (κ2) is 5.34. The van der Waals surface area contributed by atoms with Crippen LogP contribution in [0.1, 0.15) is 41.5 Å². The zero-order valence-electron chi connectivity index (χ0n) is 11.7. The first kappa shape index (κ1) is 13.3. The second-order valence-corrected chi connectivity index (χ2v) is 5.36. The Hall–Kier alpha value is -2.72. The number of rotatable bonds is 1. The number of aromatic nitrogens is 1. The molecular weight excluding hydrogens is 260 g/mol. The zero-order chi connectivity index (χ0) is 14.8. The van der Waals surface area contributed by atoms with Crippen molar-refractivity contribution in [1.82, 2.24) is 4.98 Å². The van der Waals surface area contributed by atoms with E-state index < -0.39 is 0 Å². The molecule has 3 N–H and O–H groups in total. The summed E-state index contributed by atoms with van der Waals surface area (Å²) in [6.45, 7) is 0. The molecule has 4 nitrogen and oxygen atoms in total. The van der Waals surface area contributed by atoms with Crippen molar-refractivity contribution < 1.29 is 0 Å². The molecule has 4 heteroatoms. The molecule has 104 valence electrons. The molecule has 0 spiro atoms. The molecular formula is C17H16N4. The smallest absolute Gasteiger partial charge is 0.102 e. The van der Waals surface area contributed by atoms with Gasteiger partial charge in [0.2, 0.25) is 0 Å². The summed E-state index contributed by atoms with van der Waals surface area (Å²) in [5.41, 5.74) is 11.3. The van der Waals surface area contributed by atoms with Gasteiger partial charge in [-0.2, -0.15) is 10.5 Å². The lowest BCUT2D eigenvalue weighted by atomic mass is 9.86. The minimum Gasteiger partial charge on any atom is -0.397 e. The Bertz CT molecular complexity index is 758. The summed E-state index contributed by atoms with van der Waals surface area (Å²) in [5, 5.41) is 19.0. The Morgan fingerprint density at radius 3 is 2.33 bits per heavy atom. The minimum atomic E-state index is 0.324. The first-order chi connectivity index (χ1) is 10.3. The van der Waals surface area contributed by atoms with E-state index in [9.17, 15) is 10.5 Å². The Balaban J connectivity index is 2.41. The highest BCUT2D eigenvalue weighted by atomic mass is 14.7. The van der Waals surface area contributed by atoms with Crippen LogP contribution >= 0.6 is 0 Å². The fraction of sp³-hybridized carbons (Fsp3) is 0.294. The fourth-order valence-electron chi connectivity index (χ4n) is 3.23. The molecule has 0 saturated heterocycles. The Morgan fingerprint density at radius 1 is 1.00 bits per heavy atom. The predicted octanol–water partition coefficient (Wildman–Crippen LogP) is 3.28. The van der Waals surface area contributed by atoms with E-state index in [1.165, 1.54) is 0 Å². The molecule has 1 aliphatic rings. The molecule has 0 fully saturated rings. The molecule has 0 radical (unpaired) electrons. The van der Waals surface area contributed by atoms with E-state index in [2.05, 4.69) is 17.1 Å². The van der Waals surface area contributed by atoms with Crippen molar-refractivity contribution in [3.8, 4) is 23.4 Å². The quantitative estimate of drug-likeness (QED) is 0.618. The van der Waals surface area contributed by atoms with E-state index in [1.807, 2.05) is 18.3 Å². The normalized spacial score (nSPS) is 13.8. The Labute approximate surface area is 123 Å². The van der Waals surface area contributed by atoms with Crippen molar-refractivity contribution in [1.29, 1.82) is 10.5 Å². The average molecular weight is 276 g/mol. The summed E-state index contributed by atoms with van der Waals surface area (Å²) >= 11 is 0. The molecule has 1 aromatic carbocycles. The van der Waals surface area contributed by atoms with Crippen molar-refractivity contribution in [3.05, 3.63) is 40.6 Å². The SMILES string of the molecule is N#Cc1c(N)c(C#N)c(-c2ccc[nH]2)c2c1CCCCC2. The van der Waals surface area contributed by atoms with Gasteiger partial charge in [0.1, 0.15) is 12.1 Å². The number of anilines is 1. The summed E-state index contributed by atoms with van der Waals surface area (Å²) in [5.74, 6) is 0. The molecule has 2 aromatic rings. The lowest BCUT2D eigenvalue weighted by Gasteiger charge is -2.17. The molecule has 1 heterocycles. The highest BCUT2D eigenvalue weighted by Crippen LogP contribution is 2.39. The largest absolute Gasteiger partial charge is 0.397 e. The summed E-state index contributed by atoms with van der Waals surface area (Å²) in [6.07, 6.45) is 6.90. The van der Waals surface area contributed by atoms with Crippen LogP contribution in [0.3, 0.4) is 0 Å². The molecule has 21 heavy (non-hydrogen) atoms. The molecule has 0 unspecified atom stereocenters. The van der Waals surface area contributed by atoms with E-state index in [0.717, 1.165) is 54.5 Å². The number of aromatic amines is 1. The summed E-state index contributed by atoms with van der Waals surface area (Å²) < 4.78 is 0. The third-order valence-corrected chi connectivity index (χ3v) is 4.20. The van der Waals surface area contributed by atoms with Gasteiger partial charge in [-0.3, -0.25) is 0 Å². The second-order valence-electron chi connectivity index (χ2n) is 5.36. The van der Waals surface area contributed by atoms with Crippen molar-refractivity contribution in [2.45, 2.75) is 32.1 Å². The highest BCUT2D eigenvalue weighted by molar-refractivity contribution is 5.83. The number of H-pyrrole nitrogens is 1. The number of nitrogens with one attached hydrogen (secondary N) is 1. The average Bonchev–Trinajstić information content (AvgIpc) is 2.91. The lowest BCUT2D eigenvalue weighted by molar-refractivity contribution is 0.711. The van der Waals surface area contributed by atoms with Crippen LogP contribution in [-0.4, -0.2) is 4.98 Å². The molecule has 0 atom stereocenters. The number of hydrogen-bond donors (Lipinski definition) is 2. The van der Waals surface area contributed by atoms with Crippen LogP contribution in [0.2, 0.25) is 0 Å². The van der Waals surface area contributed by atoms with Gasteiger partial charge in [0.25, 0.3) is 0 Å². The molecule has 0 bridgehead atoms. The van der Waals surface area contributed by atoms with E-state index >= 15 is 0 Å². The van der Waals surface area contributed by atoms with E-state index in [1.54, 1.807) is 0 Å². The van der Waals surface area contributed by atoms with Gasteiger partial charge in [-0.25, -0.2) is 0 Å². The molecule has 1 aliphatic carbocycles. The molecule has 0 aliphatic heterocycles. The number of nitriles is 2. The molecule has 1 aromatic heterocycles. The number of nitrogens with two attached hydrogens (primary N) is 1. The Morgan fingerprint density at radius 2 is 1.71 bits per heavy atom. The Kier molecular flexibility index (Phi) is 3.38. The molecule has 3 rings (SSSR count). The number of nitrogens with zero attached hydrogens (tertiary/aromatic N) is 2. The number of hydrogen-bond acceptors (Lipinski definition) is 3. The topological polar surface area (TPSA) is 89.4 Å². The first-order valence-electron chi connectivity index (χ1n) is 7.19. The van der Waals surface area contributed by atoms with Crippen molar-refractivity contribution in [2.75, 3.05) is 5.73 Å². The fourth-order valence-corrected chi connectivity index (χ4v) is 3.23. The third-order valence-electron chi connectivity index (χ3n) is 4.20. The maximum Gasteiger partial charge on any atom is 0.102 e. The van der Waals surface area contributed by atoms with Gasteiger partial charge in [-0.1, -0.05) is 6.42 Å². The monoisotopic (exact) mass is 276 g/mol. The minimum absolute atomic E-state index is 0.324. The van der Waals surface area contributed by atoms with Crippen LogP contribution in [0, 0.1) is 22.7 Å². The molecule has 0 saturated carbocycles. The van der Waals surface area contributed by atoms with Crippen LogP contribution in [0.15, 0.2) is 18.3 Å². The summed E-state index contributed by atoms with van der Waals surface area (Å²) in [7, 11) is 0. The summed E-state index contributed by atoms with van der Waals surface area (Å²) in [4.78, 5) is 3.17.